The monoisotopic (exact) mass is 422 g/mol. The first-order valence-electron chi connectivity index (χ1n) is 11.4. The van der Waals surface area contributed by atoms with Crippen molar-refractivity contribution in [2.24, 2.45) is 17.3 Å². The molecule has 2 aromatic rings. The molecule has 0 heterocycles. The van der Waals surface area contributed by atoms with Gasteiger partial charge in [-0.1, -0.05) is 24.3 Å². The van der Waals surface area contributed by atoms with Crippen molar-refractivity contribution in [3.8, 4) is 5.75 Å². The molecule has 2 unspecified atom stereocenters. The fourth-order valence-electron chi connectivity index (χ4n) is 7.01. The lowest BCUT2D eigenvalue weighted by atomic mass is 9.43. The van der Waals surface area contributed by atoms with Crippen LogP contribution in [0, 0.1) is 36.9 Å². The van der Waals surface area contributed by atoms with Crippen LogP contribution >= 0.6 is 0 Å². The van der Waals surface area contributed by atoms with Crippen LogP contribution in [0.4, 0.5) is 4.39 Å². The fraction of sp³-hybridized carbons (Fsp3) is 0.519. The van der Waals surface area contributed by atoms with Crippen LogP contribution in [0.2, 0.25) is 0 Å². The fourth-order valence-corrected chi connectivity index (χ4v) is 7.01. The third kappa shape index (κ3) is 3.44. The molecule has 0 spiro atoms. The van der Waals surface area contributed by atoms with Gasteiger partial charge in [-0.2, -0.15) is 0 Å². The molecular formula is C27H31FO3. The normalized spacial score (nSPS) is 31.0. The Labute approximate surface area is 183 Å². The number of hydrogen-bond donors (Lipinski definition) is 0. The van der Waals surface area contributed by atoms with Crippen LogP contribution in [0.3, 0.4) is 0 Å². The zero-order valence-electron chi connectivity index (χ0n) is 18.7. The predicted molar refractivity (Wildman–Crippen MR) is 117 cm³/mol. The van der Waals surface area contributed by atoms with E-state index in [9.17, 15) is 9.18 Å². The summed E-state index contributed by atoms with van der Waals surface area (Å²) in [5.74, 6) is 0.861. The molecule has 31 heavy (non-hydrogen) atoms. The highest BCUT2D eigenvalue weighted by molar-refractivity contribution is 5.78. The summed E-state index contributed by atoms with van der Waals surface area (Å²) >= 11 is 0. The largest absolute Gasteiger partial charge is 0.494 e. The second kappa shape index (κ2) is 7.36. The lowest BCUT2D eigenvalue weighted by Crippen LogP contribution is -2.57. The van der Waals surface area contributed by atoms with Crippen molar-refractivity contribution in [1.29, 1.82) is 0 Å². The Morgan fingerprint density at radius 3 is 2.42 bits per heavy atom. The van der Waals surface area contributed by atoms with Gasteiger partial charge in [-0.3, -0.25) is 4.79 Å². The number of halogens is 1. The van der Waals surface area contributed by atoms with Crippen molar-refractivity contribution in [2.45, 2.75) is 64.4 Å². The zero-order chi connectivity index (χ0) is 21.8. The first kappa shape index (κ1) is 20.5. The molecule has 3 nitrogen and oxygen atoms in total. The Bertz CT molecular complexity index is 1010. The van der Waals surface area contributed by atoms with Gasteiger partial charge in [-0.15, -0.1) is 0 Å². The summed E-state index contributed by atoms with van der Waals surface area (Å²) in [5.41, 5.74) is 4.39. The maximum Gasteiger partial charge on any atom is 0.312 e. The second-order valence-electron chi connectivity index (χ2n) is 10.4. The van der Waals surface area contributed by atoms with E-state index < -0.39 is 11.2 Å². The van der Waals surface area contributed by atoms with Gasteiger partial charge >= 0.3 is 5.97 Å². The van der Waals surface area contributed by atoms with Crippen molar-refractivity contribution in [3.05, 3.63) is 64.5 Å². The van der Waals surface area contributed by atoms with Crippen LogP contribution in [0.25, 0.3) is 0 Å². The van der Waals surface area contributed by atoms with Gasteiger partial charge in [0.05, 0.1) is 12.5 Å². The van der Waals surface area contributed by atoms with E-state index in [4.69, 9.17) is 9.47 Å². The predicted octanol–water partition coefficient (Wildman–Crippen LogP) is 6.03. The minimum Gasteiger partial charge on any atom is -0.494 e. The molecule has 0 aromatic heterocycles. The molecule has 4 bridgehead atoms. The molecule has 4 fully saturated rings. The highest BCUT2D eigenvalue weighted by Crippen LogP contribution is 2.66. The molecule has 0 aliphatic heterocycles. The van der Waals surface area contributed by atoms with Crippen LogP contribution in [0.5, 0.6) is 5.75 Å². The Hall–Kier alpha value is -2.36. The van der Waals surface area contributed by atoms with Gasteiger partial charge in [0.15, 0.2) is 11.6 Å². The Morgan fingerprint density at radius 1 is 1.03 bits per heavy atom. The highest BCUT2D eigenvalue weighted by atomic mass is 19.1. The van der Waals surface area contributed by atoms with Crippen molar-refractivity contribution < 1.29 is 18.7 Å². The minimum atomic E-state index is -0.431. The van der Waals surface area contributed by atoms with Gasteiger partial charge < -0.3 is 9.47 Å². The Balaban J connectivity index is 1.38. The molecule has 2 aromatic carbocycles. The Morgan fingerprint density at radius 2 is 1.77 bits per heavy atom. The third-order valence-electron chi connectivity index (χ3n) is 8.20. The molecule has 0 saturated heterocycles. The van der Waals surface area contributed by atoms with E-state index in [2.05, 4.69) is 32.0 Å². The first-order chi connectivity index (χ1) is 14.8. The summed E-state index contributed by atoms with van der Waals surface area (Å²) in [5, 5.41) is 0. The molecule has 4 aliphatic rings. The SMILES string of the molecule is COc1ccc(COC(=O)C23C[C@H]4C[C@@H](C2)CC(c2ccc(C)c(C)c2)(C4)C3)cc1F. The lowest BCUT2D eigenvalue weighted by Gasteiger charge is -2.61. The van der Waals surface area contributed by atoms with Crippen molar-refractivity contribution >= 4 is 5.97 Å². The second-order valence-corrected chi connectivity index (χ2v) is 10.4. The van der Waals surface area contributed by atoms with Gasteiger partial charge in [0.25, 0.3) is 0 Å². The van der Waals surface area contributed by atoms with E-state index in [0.29, 0.717) is 17.4 Å². The standard InChI is InChI=1S/C27H31FO3/c1-17-4-6-22(8-18(17)2)26-11-20-9-21(12-26)14-27(13-20,16-26)25(29)31-15-19-5-7-24(30-3)23(28)10-19/h4-8,10,20-21H,9,11-16H2,1-3H3/t20-,21+,26?,27?. The van der Waals surface area contributed by atoms with Crippen molar-refractivity contribution in [2.75, 3.05) is 7.11 Å². The first-order valence-corrected chi connectivity index (χ1v) is 11.4. The van der Waals surface area contributed by atoms with Gasteiger partial charge in [-0.05, 0) is 104 Å². The summed E-state index contributed by atoms with van der Waals surface area (Å²) in [6.07, 6.45) is 6.36. The van der Waals surface area contributed by atoms with Gasteiger partial charge in [-0.25, -0.2) is 4.39 Å². The molecule has 0 N–H and O–H groups in total. The van der Waals surface area contributed by atoms with E-state index >= 15 is 0 Å². The molecule has 6 rings (SSSR count). The number of aryl methyl sites for hydroxylation is 2. The minimum absolute atomic E-state index is 0.0911. The van der Waals surface area contributed by atoms with Crippen LogP contribution < -0.4 is 4.74 Å². The Kier molecular flexibility index (Phi) is 4.87. The van der Waals surface area contributed by atoms with E-state index in [1.807, 2.05) is 0 Å². The number of carbonyl (C=O) groups is 1. The van der Waals surface area contributed by atoms with Crippen LogP contribution in [0.1, 0.15) is 60.8 Å². The van der Waals surface area contributed by atoms with Gasteiger partial charge in [0.1, 0.15) is 6.61 Å². The smallest absolute Gasteiger partial charge is 0.312 e. The number of methoxy groups -OCH3 is 1. The van der Waals surface area contributed by atoms with Crippen molar-refractivity contribution in [3.63, 3.8) is 0 Å². The molecule has 4 aliphatic carbocycles. The van der Waals surface area contributed by atoms with Gasteiger partial charge in [0, 0.05) is 0 Å². The summed E-state index contributed by atoms with van der Waals surface area (Å²) in [6, 6.07) is 11.6. The molecule has 4 saturated carbocycles. The molecule has 4 heteroatoms. The van der Waals surface area contributed by atoms with Crippen LogP contribution in [-0.2, 0) is 21.6 Å². The van der Waals surface area contributed by atoms with E-state index in [0.717, 1.165) is 19.3 Å². The summed E-state index contributed by atoms with van der Waals surface area (Å²) in [6.45, 7) is 4.44. The number of rotatable bonds is 5. The van der Waals surface area contributed by atoms with E-state index in [-0.39, 0.29) is 23.7 Å². The summed E-state index contributed by atoms with van der Waals surface area (Å²) in [4.78, 5) is 13.4. The van der Waals surface area contributed by atoms with E-state index in [1.165, 1.54) is 49.1 Å². The highest BCUT2D eigenvalue weighted by Gasteiger charge is 2.61. The number of benzene rings is 2. The average Bonchev–Trinajstić information content (AvgIpc) is 2.73. The van der Waals surface area contributed by atoms with Crippen LogP contribution in [0.15, 0.2) is 36.4 Å². The zero-order valence-corrected chi connectivity index (χ0v) is 18.7. The van der Waals surface area contributed by atoms with Crippen LogP contribution in [-0.4, -0.2) is 13.1 Å². The molecular weight excluding hydrogens is 391 g/mol. The number of hydrogen-bond acceptors (Lipinski definition) is 3. The van der Waals surface area contributed by atoms with E-state index in [1.54, 1.807) is 12.1 Å². The maximum atomic E-state index is 14.0. The summed E-state index contributed by atoms with van der Waals surface area (Å²) in [7, 11) is 1.44. The third-order valence-corrected chi connectivity index (χ3v) is 8.20. The number of esters is 1. The molecule has 4 atom stereocenters. The summed E-state index contributed by atoms with van der Waals surface area (Å²) < 4.78 is 24.8. The topological polar surface area (TPSA) is 35.5 Å². The number of ether oxygens (including phenoxy) is 2. The van der Waals surface area contributed by atoms with Gasteiger partial charge in [0.2, 0.25) is 0 Å². The van der Waals surface area contributed by atoms with Crippen molar-refractivity contribution in [1.82, 2.24) is 0 Å². The number of carbonyl (C=O) groups excluding carboxylic acids is 1. The quantitative estimate of drug-likeness (QED) is 0.552. The molecule has 164 valence electrons. The molecule has 0 amide bonds. The lowest BCUT2D eigenvalue weighted by molar-refractivity contribution is -0.175. The molecule has 0 radical (unpaired) electrons. The maximum absolute atomic E-state index is 14.0. The average molecular weight is 423 g/mol.